The normalized spacial score (nSPS) is 18.3. The van der Waals surface area contributed by atoms with Gasteiger partial charge in [-0.3, -0.25) is 9.69 Å². The van der Waals surface area contributed by atoms with Crippen LogP contribution >= 0.6 is 0 Å². The summed E-state index contributed by atoms with van der Waals surface area (Å²) in [6.45, 7) is 6.63. The monoisotopic (exact) mass is 329 g/mol. The van der Waals surface area contributed by atoms with Crippen LogP contribution in [0.25, 0.3) is 10.9 Å². The van der Waals surface area contributed by atoms with Crippen molar-refractivity contribution in [3.8, 4) is 0 Å². The molecule has 1 aliphatic rings. The Bertz CT molecular complexity index is 695. The van der Waals surface area contributed by atoms with Gasteiger partial charge >= 0.3 is 0 Å². The number of carbonyl (C=O) groups excluding carboxylic acids is 1. The van der Waals surface area contributed by atoms with E-state index < -0.39 is 0 Å². The zero-order chi connectivity index (χ0) is 16.9. The number of likely N-dealkylation sites (tertiary alicyclic amines) is 1. The number of hydrogen-bond acceptors (Lipinski definition) is 3. The summed E-state index contributed by atoms with van der Waals surface area (Å²) >= 11 is 0. The molecule has 24 heavy (non-hydrogen) atoms. The average Bonchev–Trinajstić information content (AvgIpc) is 3.23. The number of nitrogens with one attached hydrogen (secondary N) is 1. The van der Waals surface area contributed by atoms with Gasteiger partial charge in [-0.15, -0.1) is 0 Å². The number of fused-ring (bicyclic) bond motifs is 1. The van der Waals surface area contributed by atoms with E-state index in [-0.39, 0.29) is 5.91 Å². The summed E-state index contributed by atoms with van der Waals surface area (Å²) in [5.41, 5.74) is 1.87. The second-order valence-electron chi connectivity index (χ2n) is 6.41. The van der Waals surface area contributed by atoms with Crippen molar-refractivity contribution < 1.29 is 9.53 Å². The Labute approximate surface area is 143 Å². The SMILES string of the molecule is CCN1CCC[C@@H]1CNC(=O)c1ccc2c(ccn2CCOC)c1. The fourth-order valence-electron chi connectivity index (χ4n) is 3.58. The van der Waals surface area contributed by atoms with Crippen LogP contribution < -0.4 is 5.32 Å². The summed E-state index contributed by atoms with van der Waals surface area (Å²) < 4.78 is 7.29. The van der Waals surface area contributed by atoms with E-state index in [2.05, 4.69) is 27.8 Å². The molecule has 1 saturated heterocycles. The average molecular weight is 329 g/mol. The van der Waals surface area contributed by atoms with Crippen molar-refractivity contribution in [3.05, 3.63) is 36.0 Å². The first-order valence-electron chi connectivity index (χ1n) is 8.83. The second-order valence-corrected chi connectivity index (χ2v) is 6.41. The highest BCUT2D eigenvalue weighted by Crippen LogP contribution is 2.19. The fourth-order valence-corrected chi connectivity index (χ4v) is 3.58. The molecular weight excluding hydrogens is 302 g/mol. The van der Waals surface area contributed by atoms with Crippen molar-refractivity contribution in [3.63, 3.8) is 0 Å². The third-order valence-corrected chi connectivity index (χ3v) is 4.97. The van der Waals surface area contributed by atoms with Crippen LogP contribution in [0.15, 0.2) is 30.5 Å². The Morgan fingerprint density at radius 2 is 2.25 bits per heavy atom. The molecule has 1 fully saturated rings. The van der Waals surface area contributed by atoms with Crippen LogP contribution in [0.3, 0.4) is 0 Å². The van der Waals surface area contributed by atoms with Crippen molar-refractivity contribution in [1.29, 1.82) is 0 Å². The van der Waals surface area contributed by atoms with Crippen LogP contribution in [-0.4, -0.2) is 54.8 Å². The van der Waals surface area contributed by atoms with E-state index in [1.807, 2.05) is 24.4 Å². The maximum absolute atomic E-state index is 12.5. The van der Waals surface area contributed by atoms with Gasteiger partial charge in [0.05, 0.1) is 6.61 Å². The van der Waals surface area contributed by atoms with Gasteiger partial charge in [-0.1, -0.05) is 6.92 Å². The molecule has 2 aromatic rings. The maximum atomic E-state index is 12.5. The third-order valence-electron chi connectivity index (χ3n) is 4.97. The molecule has 0 aliphatic carbocycles. The minimum absolute atomic E-state index is 0.0181. The molecule has 5 nitrogen and oxygen atoms in total. The number of benzene rings is 1. The van der Waals surface area contributed by atoms with Crippen molar-refractivity contribution in [2.24, 2.45) is 0 Å². The molecule has 0 radical (unpaired) electrons. The molecule has 1 atom stereocenters. The standard InChI is InChI=1S/C19H27N3O2/c1-3-21-9-4-5-17(21)14-20-19(23)16-6-7-18-15(13-16)8-10-22(18)11-12-24-2/h6-8,10,13,17H,3-5,9,11-12,14H2,1-2H3,(H,20,23)/t17-/m1/s1. The summed E-state index contributed by atoms with van der Waals surface area (Å²) in [5, 5.41) is 4.20. The predicted octanol–water partition coefficient (Wildman–Crippen LogP) is 2.50. The minimum Gasteiger partial charge on any atom is -0.383 e. The van der Waals surface area contributed by atoms with Crippen molar-refractivity contribution >= 4 is 16.8 Å². The smallest absolute Gasteiger partial charge is 0.251 e. The zero-order valence-corrected chi connectivity index (χ0v) is 14.6. The van der Waals surface area contributed by atoms with E-state index in [0.717, 1.165) is 42.6 Å². The highest BCUT2D eigenvalue weighted by molar-refractivity contribution is 5.98. The number of likely N-dealkylation sites (N-methyl/N-ethyl adjacent to an activating group) is 1. The summed E-state index contributed by atoms with van der Waals surface area (Å²) in [4.78, 5) is 14.9. The lowest BCUT2D eigenvalue weighted by Crippen LogP contribution is -2.40. The lowest BCUT2D eigenvalue weighted by atomic mass is 10.1. The minimum atomic E-state index is 0.0181. The molecule has 0 saturated carbocycles. The Hall–Kier alpha value is -1.85. The molecule has 0 spiro atoms. The summed E-state index contributed by atoms with van der Waals surface area (Å²) in [7, 11) is 1.71. The van der Waals surface area contributed by atoms with E-state index in [1.54, 1.807) is 7.11 Å². The lowest BCUT2D eigenvalue weighted by Gasteiger charge is -2.22. The maximum Gasteiger partial charge on any atom is 0.251 e. The molecular formula is C19H27N3O2. The van der Waals surface area contributed by atoms with E-state index in [4.69, 9.17) is 4.74 Å². The van der Waals surface area contributed by atoms with Gasteiger partial charge in [0.1, 0.15) is 0 Å². The van der Waals surface area contributed by atoms with Crippen LogP contribution in [-0.2, 0) is 11.3 Å². The molecule has 1 aromatic carbocycles. The Balaban J connectivity index is 1.64. The number of hydrogen-bond donors (Lipinski definition) is 1. The Morgan fingerprint density at radius 3 is 3.04 bits per heavy atom. The van der Waals surface area contributed by atoms with E-state index in [1.165, 1.54) is 12.8 Å². The van der Waals surface area contributed by atoms with Crippen molar-refractivity contribution in [1.82, 2.24) is 14.8 Å². The number of amides is 1. The van der Waals surface area contributed by atoms with Gasteiger partial charge in [0.2, 0.25) is 0 Å². The van der Waals surface area contributed by atoms with Crippen LogP contribution in [0, 0.1) is 0 Å². The molecule has 2 heterocycles. The summed E-state index contributed by atoms with van der Waals surface area (Å²) in [6.07, 6.45) is 4.45. The van der Waals surface area contributed by atoms with Gasteiger partial charge in [0, 0.05) is 48.9 Å². The zero-order valence-electron chi connectivity index (χ0n) is 14.6. The lowest BCUT2D eigenvalue weighted by molar-refractivity contribution is 0.0941. The molecule has 1 N–H and O–H groups in total. The highest BCUT2D eigenvalue weighted by atomic mass is 16.5. The van der Waals surface area contributed by atoms with Gasteiger partial charge in [-0.25, -0.2) is 0 Å². The van der Waals surface area contributed by atoms with Crippen LogP contribution in [0.5, 0.6) is 0 Å². The van der Waals surface area contributed by atoms with Gasteiger partial charge in [-0.2, -0.15) is 0 Å². The van der Waals surface area contributed by atoms with Crippen LogP contribution in [0.4, 0.5) is 0 Å². The number of methoxy groups -OCH3 is 1. The molecule has 1 amide bonds. The molecule has 1 aliphatic heterocycles. The molecule has 3 rings (SSSR count). The first kappa shape index (κ1) is 17.0. The number of carbonyl (C=O) groups is 1. The molecule has 0 unspecified atom stereocenters. The fraction of sp³-hybridized carbons (Fsp3) is 0.526. The second kappa shape index (κ2) is 7.81. The largest absolute Gasteiger partial charge is 0.383 e. The molecule has 130 valence electrons. The van der Waals surface area contributed by atoms with Gasteiger partial charge in [-0.05, 0) is 50.2 Å². The van der Waals surface area contributed by atoms with E-state index in [9.17, 15) is 4.79 Å². The molecule has 1 aromatic heterocycles. The van der Waals surface area contributed by atoms with Crippen molar-refractivity contribution in [2.75, 3.05) is 33.4 Å². The van der Waals surface area contributed by atoms with E-state index in [0.29, 0.717) is 12.6 Å². The quantitative estimate of drug-likeness (QED) is 0.849. The Morgan fingerprint density at radius 1 is 1.38 bits per heavy atom. The third kappa shape index (κ3) is 3.62. The predicted molar refractivity (Wildman–Crippen MR) is 96.4 cm³/mol. The number of nitrogens with zero attached hydrogens (tertiary/aromatic N) is 2. The van der Waals surface area contributed by atoms with Crippen molar-refractivity contribution in [2.45, 2.75) is 32.4 Å². The van der Waals surface area contributed by atoms with Crippen LogP contribution in [0.1, 0.15) is 30.1 Å². The molecule has 0 bridgehead atoms. The van der Waals surface area contributed by atoms with Crippen LogP contribution in [0.2, 0.25) is 0 Å². The number of aromatic nitrogens is 1. The summed E-state index contributed by atoms with van der Waals surface area (Å²) in [5.74, 6) is 0.0181. The number of ether oxygens (including phenoxy) is 1. The van der Waals surface area contributed by atoms with Gasteiger partial charge < -0.3 is 14.6 Å². The topological polar surface area (TPSA) is 46.5 Å². The first-order chi connectivity index (χ1) is 11.7. The summed E-state index contributed by atoms with van der Waals surface area (Å²) in [6, 6.07) is 8.44. The number of rotatable bonds is 7. The first-order valence-corrected chi connectivity index (χ1v) is 8.83. The highest BCUT2D eigenvalue weighted by Gasteiger charge is 2.23. The Kier molecular flexibility index (Phi) is 5.53. The van der Waals surface area contributed by atoms with E-state index >= 15 is 0 Å². The van der Waals surface area contributed by atoms with Gasteiger partial charge in [0.15, 0.2) is 0 Å². The van der Waals surface area contributed by atoms with Gasteiger partial charge in [0.25, 0.3) is 5.91 Å². The molecule has 5 heteroatoms.